The molecule has 2 heterocycles. The number of rotatable bonds is 4. The molecule has 0 aromatic rings. The van der Waals surface area contributed by atoms with E-state index in [0.717, 1.165) is 51.4 Å². The van der Waals surface area contributed by atoms with Crippen molar-refractivity contribution in [3.05, 3.63) is 0 Å². The molecule has 0 radical (unpaired) electrons. The molecule has 2 aliphatic rings. The van der Waals surface area contributed by atoms with E-state index in [0.29, 0.717) is 11.9 Å². The van der Waals surface area contributed by atoms with Gasteiger partial charge in [0.1, 0.15) is 0 Å². The number of carbonyl (C=O) groups excluding carboxylic acids is 1. The third-order valence-electron chi connectivity index (χ3n) is 4.41. The van der Waals surface area contributed by atoms with Gasteiger partial charge in [-0.05, 0) is 58.8 Å². The summed E-state index contributed by atoms with van der Waals surface area (Å²) in [6.07, 6.45) is 5.43. The number of likely N-dealkylation sites (N-methyl/N-ethyl adjacent to an activating group) is 1. The van der Waals surface area contributed by atoms with Gasteiger partial charge in [-0.15, -0.1) is 0 Å². The van der Waals surface area contributed by atoms with Gasteiger partial charge < -0.3 is 15.1 Å². The molecule has 0 aromatic heterocycles. The Morgan fingerprint density at radius 3 is 2.89 bits per heavy atom. The largest absolute Gasteiger partial charge is 0.341 e. The SMILES string of the molecule is CN(C)C1CCCN(C(=O)CCC2CCNC2)C1. The van der Waals surface area contributed by atoms with Crippen LogP contribution in [0.5, 0.6) is 0 Å². The second kappa shape index (κ2) is 6.53. The van der Waals surface area contributed by atoms with Gasteiger partial charge >= 0.3 is 0 Å². The zero-order chi connectivity index (χ0) is 13.0. The minimum Gasteiger partial charge on any atom is -0.341 e. The van der Waals surface area contributed by atoms with Gasteiger partial charge in [0.15, 0.2) is 0 Å². The lowest BCUT2D eigenvalue weighted by Gasteiger charge is -2.36. The van der Waals surface area contributed by atoms with E-state index < -0.39 is 0 Å². The summed E-state index contributed by atoms with van der Waals surface area (Å²) >= 11 is 0. The average molecular weight is 253 g/mol. The Balaban J connectivity index is 1.73. The first kappa shape index (κ1) is 13.8. The Labute approximate surface area is 111 Å². The van der Waals surface area contributed by atoms with Crippen LogP contribution in [0.4, 0.5) is 0 Å². The highest BCUT2D eigenvalue weighted by Crippen LogP contribution is 2.18. The molecule has 104 valence electrons. The fraction of sp³-hybridized carbons (Fsp3) is 0.929. The van der Waals surface area contributed by atoms with E-state index in [1.165, 1.54) is 12.8 Å². The van der Waals surface area contributed by atoms with Crippen molar-refractivity contribution in [1.82, 2.24) is 15.1 Å². The predicted molar refractivity (Wildman–Crippen MR) is 73.5 cm³/mol. The summed E-state index contributed by atoms with van der Waals surface area (Å²) in [7, 11) is 4.23. The van der Waals surface area contributed by atoms with E-state index in [1.54, 1.807) is 0 Å². The summed E-state index contributed by atoms with van der Waals surface area (Å²) in [5.41, 5.74) is 0. The Bertz CT molecular complexity index is 274. The summed E-state index contributed by atoms with van der Waals surface area (Å²) in [5.74, 6) is 1.09. The molecule has 2 rings (SSSR count). The number of piperidine rings is 1. The Morgan fingerprint density at radius 1 is 1.39 bits per heavy atom. The molecule has 2 unspecified atom stereocenters. The Kier molecular flexibility index (Phi) is 5.01. The maximum absolute atomic E-state index is 12.2. The summed E-state index contributed by atoms with van der Waals surface area (Å²) < 4.78 is 0. The lowest BCUT2D eigenvalue weighted by molar-refractivity contribution is -0.133. The molecule has 4 nitrogen and oxygen atoms in total. The van der Waals surface area contributed by atoms with E-state index in [-0.39, 0.29) is 0 Å². The van der Waals surface area contributed by atoms with Crippen LogP contribution in [0.25, 0.3) is 0 Å². The molecule has 2 saturated heterocycles. The van der Waals surface area contributed by atoms with Crippen molar-refractivity contribution in [1.29, 1.82) is 0 Å². The maximum atomic E-state index is 12.2. The zero-order valence-electron chi connectivity index (χ0n) is 11.8. The first-order valence-electron chi connectivity index (χ1n) is 7.31. The number of nitrogens with one attached hydrogen (secondary N) is 1. The van der Waals surface area contributed by atoms with Gasteiger partial charge in [0.25, 0.3) is 0 Å². The third-order valence-corrected chi connectivity index (χ3v) is 4.41. The van der Waals surface area contributed by atoms with Crippen LogP contribution < -0.4 is 5.32 Å². The van der Waals surface area contributed by atoms with Crippen molar-refractivity contribution in [3.63, 3.8) is 0 Å². The van der Waals surface area contributed by atoms with Crippen molar-refractivity contribution in [2.24, 2.45) is 5.92 Å². The minimum absolute atomic E-state index is 0.369. The van der Waals surface area contributed by atoms with E-state index in [1.807, 2.05) is 0 Å². The highest BCUT2D eigenvalue weighted by Gasteiger charge is 2.25. The van der Waals surface area contributed by atoms with E-state index >= 15 is 0 Å². The second-order valence-electron chi connectivity index (χ2n) is 6.00. The number of hydrogen-bond donors (Lipinski definition) is 1. The number of amides is 1. The molecule has 0 bridgehead atoms. The number of hydrogen-bond acceptors (Lipinski definition) is 3. The van der Waals surface area contributed by atoms with Crippen LogP contribution in [0.1, 0.15) is 32.1 Å². The highest BCUT2D eigenvalue weighted by molar-refractivity contribution is 5.76. The summed E-state index contributed by atoms with van der Waals surface area (Å²) in [6, 6.07) is 0.552. The third kappa shape index (κ3) is 3.69. The van der Waals surface area contributed by atoms with E-state index in [9.17, 15) is 4.79 Å². The highest BCUT2D eigenvalue weighted by atomic mass is 16.2. The lowest BCUT2D eigenvalue weighted by atomic mass is 10.0. The smallest absolute Gasteiger partial charge is 0.222 e. The molecule has 2 aliphatic heterocycles. The quantitative estimate of drug-likeness (QED) is 0.809. The van der Waals surface area contributed by atoms with Gasteiger partial charge in [0, 0.05) is 25.6 Å². The summed E-state index contributed by atoms with van der Waals surface area (Å²) in [4.78, 5) is 16.5. The van der Waals surface area contributed by atoms with Gasteiger partial charge in [-0.3, -0.25) is 4.79 Å². The maximum Gasteiger partial charge on any atom is 0.222 e. The zero-order valence-corrected chi connectivity index (χ0v) is 11.8. The van der Waals surface area contributed by atoms with Gasteiger partial charge in [-0.25, -0.2) is 0 Å². The van der Waals surface area contributed by atoms with Crippen LogP contribution in [0.15, 0.2) is 0 Å². The number of carbonyl (C=O) groups is 1. The van der Waals surface area contributed by atoms with Crippen molar-refractivity contribution >= 4 is 5.91 Å². The molecule has 2 fully saturated rings. The van der Waals surface area contributed by atoms with Crippen LogP contribution in [0, 0.1) is 5.92 Å². The molecule has 2 atom stereocenters. The molecule has 1 N–H and O–H groups in total. The summed E-state index contributed by atoms with van der Waals surface area (Å²) in [6.45, 7) is 4.12. The van der Waals surface area contributed by atoms with Gasteiger partial charge in [0.05, 0.1) is 0 Å². The Hall–Kier alpha value is -0.610. The molecule has 4 heteroatoms. The van der Waals surface area contributed by atoms with Crippen LogP contribution >= 0.6 is 0 Å². The van der Waals surface area contributed by atoms with Crippen molar-refractivity contribution in [2.75, 3.05) is 40.3 Å². The molecule has 0 aromatic carbocycles. The molecule has 18 heavy (non-hydrogen) atoms. The average Bonchev–Trinajstić information content (AvgIpc) is 2.89. The Morgan fingerprint density at radius 2 is 2.22 bits per heavy atom. The molecular weight excluding hydrogens is 226 g/mol. The van der Waals surface area contributed by atoms with Gasteiger partial charge in [-0.1, -0.05) is 0 Å². The van der Waals surface area contributed by atoms with Crippen LogP contribution in [0.3, 0.4) is 0 Å². The molecule has 1 amide bonds. The van der Waals surface area contributed by atoms with Crippen molar-refractivity contribution in [3.8, 4) is 0 Å². The van der Waals surface area contributed by atoms with E-state index in [4.69, 9.17) is 0 Å². The molecule has 0 saturated carbocycles. The normalized spacial score (nSPS) is 28.9. The van der Waals surface area contributed by atoms with Crippen molar-refractivity contribution < 1.29 is 4.79 Å². The fourth-order valence-corrected chi connectivity index (χ4v) is 3.05. The monoisotopic (exact) mass is 253 g/mol. The van der Waals surface area contributed by atoms with Crippen LogP contribution in [-0.4, -0.2) is 62.0 Å². The van der Waals surface area contributed by atoms with Gasteiger partial charge in [-0.2, -0.15) is 0 Å². The number of nitrogens with zero attached hydrogens (tertiary/aromatic N) is 2. The minimum atomic E-state index is 0.369. The van der Waals surface area contributed by atoms with Crippen molar-refractivity contribution in [2.45, 2.75) is 38.1 Å². The topological polar surface area (TPSA) is 35.6 Å². The second-order valence-corrected chi connectivity index (χ2v) is 6.00. The van der Waals surface area contributed by atoms with E-state index in [2.05, 4.69) is 29.2 Å². The summed E-state index contributed by atoms with van der Waals surface area (Å²) in [5, 5.41) is 3.37. The molecule has 0 aliphatic carbocycles. The molecular formula is C14H27N3O. The standard InChI is InChI=1S/C14H27N3O/c1-16(2)13-4-3-9-17(11-13)14(18)6-5-12-7-8-15-10-12/h12-13,15H,3-11H2,1-2H3. The fourth-order valence-electron chi connectivity index (χ4n) is 3.05. The van der Waals surface area contributed by atoms with Gasteiger partial charge in [0.2, 0.25) is 5.91 Å². The van der Waals surface area contributed by atoms with Crippen LogP contribution in [-0.2, 0) is 4.79 Å². The lowest BCUT2D eigenvalue weighted by Crippen LogP contribution is -2.47. The first-order chi connectivity index (χ1) is 8.66. The predicted octanol–water partition coefficient (Wildman–Crippen LogP) is 0.929. The first-order valence-corrected chi connectivity index (χ1v) is 7.31. The number of likely N-dealkylation sites (tertiary alicyclic amines) is 1. The molecule has 0 spiro atoms. The van der Waals surface area contributed by atoms with Crippen LogP contribution in [0.2, 0.25) is 0 Å².